The van der Waals surface area contributed by atoms with E-state index >= 15 is 0 Å². The van der Waals surface area contributed by atoms with Crippen LogP contribution in [0.5, 0.6) is 5.75 Å². The molecule has 4 nitrogen and oxygen atoms in total. The van der Waals surface area contributed by atoms with Gasteiger partial charge in [-0.05, 0) is 36.6 Å². The SMILES string of the molecule is CC1CCN(c2ccc(OC(F)(F)F)cc2)[C@H]1C(=O)O. The molecule has 1 aromatic carbocycles. The van der Waals surface area contributed by atoms with Crippen molar-refractivity contribution in [2.45, 2.75) is 25.7 Å². The summed E-state index contributed by atoms with van der Waals surface area (Å²) in [5.41, 5.74) is 0.580. The monoisotopic (exact) mass is 289 g/mol. The van der Waals surface area contributed by atoms with Crippen molar-refractivity contribution in [2.24, 2.45) is 5.92 Å². The van der Waals surface area contributed by atoms with E-state index in [9.17, 15) is 23.1 Å². The first-order valence-corrected chi connectivity index (χ1v) is 6.13. The largest absolute Gasteiger partial charge is 0.573 e. The van der Waals surface area contributed by atoms with Crippen molar-refractivity contribution in [3.63, 3.8) is 0 Å². The van der Waals surface area contributed by atoms with Gasteiger partial charge in [0.2, 0.25) is 0 Å². The van der Waals surface area contributed by atoms with Gasteiger partial charge in [-0.1, -0.05) is 6.92 Å². The Morgan fingerprint density at radius 2 is 1.95 bits per heavy atom. The van der Waals surface area contributed by atoms with Crippen molar-refractivity contribution >= 4 is 11.7 Å². The highest BCUT2D eigenvalue weighted by molar-refractivity contribution is 5.79. The van der Waals surface area contributed by atoms with Gasteiger partial charge in [-0.25, -0.2) is 4.79 Å². The molecule has 1 aromatic rings. The minimum absolute atomic E-state index is 0.00129. The molecule has 0 aromatic heterocycles. The van der Waals surface area contributed by atoms with Crippen LogP contribution in [0, 0.1) is 5.92 Å². The van der Waals surface area contributed by atoms with Crippen molar-refractivity contribution in [3.8, 4) is 5.75 Å². The smallest absolute Gasteiger partial charge is 0.480 e. The third kappa shape index (κ3) is 3.15. The number of carboxylic acid groups (broad SMARTS) is 1. The van der Waals surface area contributed by atoms with Crippen LogP contribution in [0.15, 0.2) is 24.3 Å². The Kier molecular flexibility index (Phi) is 3.78. The number of halogens is 3. The van der Waals surface area contributed by atoms with Crippen LogP contribution < -0.4 is 9.64 Å². The van der Waals surface area contributed by atoms with Crippen molar-refractivity contribution in [1.82, 2.24) is 0 Å². The van der Waals surface area contributed by atoms with Crippen molar-refractivity contribution in [1.29, 1.82) is 0 Å². The molecule has 0 bridgehead atoms. The lowest BCUT2D eigenvalue weighted by molar-refractivity contribution is -0.274. The summed E-state index contributed by atoms with van der Waals surface area (Å²) < 4.78 is 39.9. The van der Waals surface area contributed by atoms with E-state index in [4.69, 9.17) is 0 Å². The summed E-state index contributed by atoms with van der Waals surface area (Å²) in [6.07, 6.45) is -3.99. The van der Waals surface area contributed by atoms with E-state index in [2.05, 4.69) is 4.74 Å². The molecule has 2 rings (SSSR count). The number of aliphatic carboxylic acids is 1. The number of carboxylic acids is 1. The van der Waals surface area contributed by atoms with E-state index in [1.807, 2.05) is 6.92 Å². The molecule has 1 aliphatic heterocycles. The fourth-order valence-electron chi connectivity index (χ4n) is 2.45. The van der Waals surface area contributed by atoms with Gasteiger partial charge in [0, 0.05) is 12.2 Å². The average Bonchev–Trinajstić information content (AvgIpc) is 2.70. The van der Waals surface area contributed by atoms with E-state index in [0.717, 1.165) is 6.42 Å². The number of ether oxygens (including phenoxy) is 1. The van der Waals surface area contributed by atoms with Crippen molar-refractivity contribution in [2.75, 3.05) is 11.4 Å². The summed E-state index contributed by atoms with van der Waals surface area (Å²) in [4.78, 5) is 12.9. The van der Waals surface area contributed by atoms with E-state index in [1.165, 1.54) is 24.3 Å². The van der Waals surface area contributed by atoms with E-state index < -0.39 is 18.4 Å². The zero-order valence-corrected chi connectivity index (χ0v) is 10.7. The Labute approximate surface area is 113 Å². The lowest BCUT2D eigenvalue weighted by Gasteiger charge is -2.25. The van der Waals surface area contributed by atoms with Crippen molar-refractivity contribution < 1.29 is 27.8 Å². The molecule has 0 spiro atoms. The topological polar surface area (TPSA) is 49.8 Å². The minimum atomic E-state index is -4.73. The number of rotatable bonds is 3. The van der Waals surface area contributed by atoms with Gasteiger partial charge < -0.3 is 14.7 Å². The molecule has 0 aliphatic carbocycles. The highest BCUT2D eigenvalue weighted by atomic mass is 19.4. The van der Waals surface area contributed by atoms with Crippen LogP contribution in [0.4, 0.5) is 18.9 Å². The Bertz CT molecular complexity index is 487. The number of hydrogen-bond acceptors (Lipinski definition) is 3. The molecule has 7 heteroatoms. The molecular weight excluding hydrogens is 275 g/mol. The number of benzene rings is 1. The molecule has 2 atom stereocenters. The Hall–Kier alpha value is -1.92. The van der Waals surface area contributed by atoms with Crippen LogP contribution in [-0.4, -0.2) is 30.0 Å². The van der Waals surface area contributed by atoms with Gasteiger partial charge in [0.05, 0.1) is 0 Å². The maximum atomic E-state index is 12.1. The molecule has 0 saturated carbocycles. The maximum Gasteiger partial charge on any atom is 0.573 e. The van der Waals surface area contributed by atoms with Crippen LogP contribution in [-0.2, 0) is 4.79 Å². The van der Waals surface area contributed by atoms with Gasteiger partial charge in [-0.2, -0.15) is 0 Å². The van der Waals surface area contributed by atoms with Gasteiger partial charge in [-0.15, -0.1) is 13.2 Å². The zero-order chi connectivity index (χ0) is 14.9. The number of carbonyl (C=O) groups is 1. The molecule has 1 heterocycles. The standard InChI is InChI=1S/C13H14F3NO3/c1-8-6-7-17(11(8)12(18)19)9-2-4-10(5-3-9)20-13(14,15)16/h2-5,8,11H,6-7H2,1H3,(H,18,19)/t8?,11-/m1/s1. The summed E-state index contributed by atoms with van der Waals surface area (Å²) in [6, 6.07) is 4.60. The Morgan fingerprint density at radius 3 is 2.45 bits per heavy atom. The number of alkyl halides is 3. The maximum absolute atomic E-state index is 12.1. The van der Waals surface area contributed by atoms with Gasteiger partial charge in [0.15, 0.2) is 0 Å². The second kappa shape index (κ2) is 5.22. The predicted molar refractivity (Wildman–Crippen MR) is 65.7 cm³/mol. The van der Waals surface area contributed by atoms with Crippen LogP contribution >= 0.6 is 0 Å². The zero-order valence-electron chi connectivity index (χ0n) is 10.7. The Balaban J connectivity index is 2.16. The first-order chi connectivity index (χ1) is 9.28. The lowest BCUT2D eigenvalue weighted by atomic mass is 10.0. The number of nitrogens with zero attached hydrogens (tertiary/aromatic N) is 1. The fraction of sp³-hybridized carbons (Fsp3) is 0.462. The molecule has 0 radical (unpaired) electrons. The molecule has 1 saturated heterocycles. The lowest BCUT2D eigenvalue weighted by Crippen LogP contribution is -2.38. The summed E-state index contributed by atoms with van der Waals surface area (Å²) in [5, 5.41) is 9.21. The molecular formula is C13H14F3NO3. The summed E-state index contributed by atoms with van der Waals surface area (Å²) in [7, 11) is 0. The molecule has 110 valence electrons. The quantitative estimate of drug-likeness (QED) is 0.929. The molecule has 1 N–H and O–H groups in total. The third-order valence-electron chi connectivity index (χ3n) is 3.36. The first-order valence-electron chi connectivity index (χ1n) is 6.13. The van der Waals surface area contributed by atoms with Gasteiger partial charge in [-0.3, -0.25) is 0 Å². The van der Waals surface area contributed by atoms with Gasteiger partial charge >= 0.3 is 12.3 Å². The summed E-state index contributed by atoms with van der Waals surface area (Å²) in [6.45, 7) is 2.41. The molecule has 1 aliphatic rings. The second-order valence-corrected chi connectivity index (χ2v) is 4.78. The van der Waals surface area contributed by atoms with Gasteiger partial charge in [0.1, 0.15) is 11.8 Å². The summed E-state index contributed by atoms with van der Waals surface area (Å²) >= 11 is 0. The molecule has 0 amide bonds. The van der Waals surface area contributed by atoms with Crippen LogP contribution in [0.25, 0.3) is 0 Å². The molecule has 1 unspecified atom stereocenters. The number of anilines is 1. The van der Waals surface area contributed by atoms with Crippen LogP contribution in [0.1, 0.15) is 13.3 Å². The normalized spacial score (nSPS) is 22.9. The highest BCUT2D eigenvalue weighted by Crippen LogP contribution is 2.32. The fourth-order valence-corrected chi connectivity index (χ4v) is 2.45. The van der Waals surface area contributed by atoms with E-state index in [1.54, 1.807) is 4.90 Å². The van der Waals surface area contributed by atoms with Crippen LogP contribution in [0.2, 0.25) is 0 Å². The average molecular weight is 289 g/mol. The van der Waals surface area contributed by atoms with Crippen molar-refractivity contribution in [3.05, 3.63) is 24.3 Å². The third-order valence-corrected chi connectivity index (χ3v) is 3.36. The van der Waals surface area contributed by atoms with Crippen LogP contribution in [0.3, 0.4) is 0 Å². The highest BCUT2D eigenvalue weighted by Gasteiger charge is 2.37. The Morgan fingerprint density at radius 1 is 1.35 bits per heavy atom. The molecule has 20 heavy (non-hydrogen) atoms. The minimum Gasteiger partial charge on any atom is -0.480 e. The summed E-state index contributed by atoms with van der Waals surface area (Å²) in [5.74, 6) is -1.25. The first kappa shape index (κ1) is 14.5. The van der Waals surface area contributed by atoms with E-state index in [-0.39, 0.29) is 11.7 Å². The van der Waals surface area contributed by atoms with E-state index in [0.29, 0.717) is 12.2 Å². The second-order valence-electron chi connectivity index (χ2n) is 4.78. The van der Waals surface area contributed by atoms with Gasteiger partial charge in [0.25, 0.3) is 0 Å². The predicted octanol–water partition coefficient (Wildman–Crippen LogP) is 2.88. The molecule has 1 fully saturated rings. The number of hydrogen-bond donors (Lipinski definition) is 1.